The third-order valence-corrected chi connectivity index (χ3v) is 3.07. The molecule has 0 saturated carbocycles. The lowest BCUT2D eigenvalue weighted by molar-refractivity contribution is 0.637. The maximum Gasteiger partial charge on any atom is 0.108 e. The van der Waals surface area contributed by atoms with Crippen LogP contribution in [0.2, 0.25) is 0 Å². The zero-order valence-corrected chi connectivity index (χ0v) is 8.92. The molecule has 1 aliphatic carbocycles. The van der Waals surface area contributed by atoms with Crippen LogP contribution in [-0.4, -0.2) is 16.1 Å². The highest BCUT2D eigenvalue weighted by atomic mass is 15.1. The predicted octanol–water partition coefficient (Wildman–Crippen LogP) is 1.19. The minimum atomic E-state index is 0.761. The van der Waals surface area contributed by atoms with E-state index in [1.54, 1.807) is 0 Å². The molecule has 3 heteroatoms. The van der Waals surface area contributed by atoms with Gasteiger partial charge in [0.15, 0.2) is 0 Å². The van der Waals surface area contributed by atoms with Crippen molar-refractivity contribution in [2.75, 3.05) is 6.54 Å². The summed E-state index contributed by atoms with van der Waals surface area (Å²) in [7, 11) is 2.14. The van der Waals surface area contributed by atoms with Gasteiger partial charge >= 0.3 is 0 Å². The van der Waals surface area contributed by atoms with Gasteiger partial charge in [-0.05, 0) is 38.6 Å². The third-order valence-electron chi connectivity index (χ3n) is 3.07. The van der Waals surface area contributed by atoms with E-state index >= 15 is 0 Å². The molecule has 0 unspecified atom stereocenters. The van der Waals surface area contributed by atoms with Crippen molar-refractivity contribution < 1.29 is 0 Å². The molecule has 0 aromatic carbocycles. The van der Waals surface area contributed by atoms with E-state index in [0.29, 0.717) is 0 Å². The predicted molar refractivity (Wildman–Crippen MR) is 57.2 cm³/mol. The number of aromatic nitrogens is 2. The fraction of sp³-hybridized carbons (Fsp3) is 0.727. The largest absolute Gasteiger partial charge is 0.335 e. The van der Waals surface area contributed by atoms with Crippen LogP contribution in [0.3, 0.4) is 0 Å². The summed E-state index contributed by atoms with van der Waals surface area (Å²) in [5, 5.41) is 0. The Morgan fingerprint density at radius 3 is 2.86 bits per heavy atom. The summed E-state index contributed by atoms with van der Waals surface area (Å²) >= 11 is 0. The van der Waals surface area contributed by atoms with E-state index in [0.717, 1.165) is 19.4 Å². The van der Waals surface area contributed by atoms with E-state index in [1.807, 2.05) is 0 Å². The van der Waals surface area contributed by atoms with Gasteiger partial charge in [0, 0.05) is 19.2 Å². The van der Waals surface area contributed by atoms with E-state index in [-0.39, 0.29) is 0 Å². The molecule has 0 radical (unpaired) electrons. The SMILES string of the molecule is Cn1c(CCCN)nc2c1CCCC2. The van der Waals surface area contributed by atoms with E-state index < -0.39 is 0 Å². The summed E-state index contributed by atoms with van der Waals surface area (Å²) in [5.74, 6) is 1.22. The first-order valence-electron chi connectivity index (χ1n) is 5.56. The molecule has 1 aromatic heterocycles. The summed E-state index contributed by atoms with van der Waals surface area (Å²) < 4.78 is 2.28. The fourth-order valence-electron chi connectivity index (χ4n) is 2.23. The first kappa shape index (κ1) is 9.71. The average molecular weight is 193 g/mol. The zero-order chi connectivity index (χ0) is 9.97. The van der Waals surface area contributed by atoms with E-state index in [9.17, 15) is 0 Å². The number of nitrogens with two attached hydrogens (primary N) is 1. The van der Waals surface area contributed by atoms with Crippen LogP contribution in [0.15, 0.2) is 0 Å². The van der Waals surface area contributed by atoms with Crippen molar-refractivity contribution in [1.29, 1.82) is 0 Å². The molecule has 3 nitrogen and oxygen atoms in total. The average Bonchev–Trinajstić information content (AvgIpc) is 2.54. The van der Waals surface area contributed by atoms with Crippen LogP contribution in [-0.2, 0) is 26.3 Å². The summed E-state index contributed by atoms with van der Waals surface area (Å²) in [6, 6.07) is 0. The molecule has 1 aliphatic rings. The topological polar surface area (TPSA) is 43.8 Å². The van der Waals surface area contributed by atoms with Gasteiger partial charge < -0.3 is 10.3 Å². The van der Waals surface area contributed by atoms with E-state index in [4.69, 9.17) is 10.7 Å². The van der Waals surface area contributed by atoms with Crippen LogP contribution in [0.4, 0.5) is 0 Å². The van der Waals surface area contributed by atoms with Gasteiger partial charge in [0.1, 0.15) is 5.82 Å². The molecule has 14 heavy (non-hydrogen) atoms. The summed E-state index contributed by atoms with van der Waals surface area (Å²) in [6.07, 6.45) is 7.08. The fourth-order valence-corrected chi connectivity index (χ4v) is 2.23. The molecule has 0 bridgehead atoms. The van der Waals surface area contributed by atoms with E-state index in [1.165, 1.54) is 42.9 Å². The number of hydrogen-bond acceptors (Lipinski definition) is 2. The van der Waals surface area contributed by atoms with Crippen molar-refractivity contribution in [2.24, 2.45) is 12.8 Å². The lowest BCUT2D eigenvalue weighted by atomic mass is 10.0. The van der Waals surface area contributed by atoms with Crippen LogP contribution in [0.1, 0.15) is 36.5 Å². The highest BCUT2D eigenvalue weighted by Crippen LogP contribution is 2.21. The molecule has 2 rings (SSSR count). The highest BCUT2D eigenvalue weighted by Gasteiger charge is 2.16. The molecule has 0 atom stereocenters. The second kappa shape index (κ2) is 4.13. The van der Waals surface area contributed by atoms with Crippen LogP contribution in [0.25, 0.3) is 0 Å². The van der Waals surface area contributed by atoms with Crippen molar-refractivity contribution in [3.8, 4) is 0 Å². The minimum absolute atomic E-state index is 0.761. The second-order valence-corrected chi connectivity index (χ2v) is 4.08. The van der Waals surface area contributed by atoms with E-state index in [2.05, 4.69) is 11.6 Å². The molecular formula is C11H19N3. The lowest BCUT2D eigenvalue weighted by Crippen LogP contribution is -2.07. The summed E-state index contributed by atoms with van der Waals surface area (Å²) in [4.78, 5) is 4.70. The van der Waals surface area contributed by atoms with Crippen LogP contribution >= 0.6 is 0 Å². The summed E-state index contributed by atoms with van der Waals surface area (Å²) in [5.41, 5.74) is 8.31. The normalized spacial score (nSPS) is 15.6. The molecule has 0 spiro atoms. The Labute approximate surface area is 85.3 Å². The molecule has 0 saturated heterocycles. The quantitative estimate of drug-likeness (QED) is 0.783. The van der Waals surface area contributed by atoms with Crippen LogP contribution in [0.5, 0.6) is 0 Å². The van der Waals surface area contributed by atoms with Crippen molar-refractivity contribution >= 4 is 0 Å². The van der Waals surface area contributed by atoms with Crippen molar-refractivity contribution in [1.82, 2.24) is 9.55 Å². The molecule has 0 fully saturated rings. The molecule has 0 aliphatic heterocycles. The maximum absolute atomic E-state index is 5.51. The van der Waals surface area contributed by atoms with Gasteiger partial charge in [0.25, 0.3) is 0 Å². The highest BCUT2D eigenvalue weighted by molar-refractivity contribution is 5.19. The van der Waals surface area contributed by atoms with Gasteiger partial charge in [0.05, 0.1) is 5.69 Å². The van der Waals surface area contributed by atoms with Crippen molar-refractivity contribution in [2.45, 2.75) is 38.5 Å². The molecule has 0 amide bonds. The number of rotatable bonds is 3. The summed E-state index contributed by atoms with van der Waals surface area (Å²) in [6.45, 7) is 0.761. The van der Waals surface area contributed by atoms with Gasteiger partial charge in [-0.15, -0.1) is 0 Å². The number of nitrogens with zero attached hydrogens (tertiary/aromatic N) is 2. The number of hydrogen-bond donors (Lipinski definition) is 1. The van der Waals surface area contributed by atoms with Crippen molar-refractivity contribution in [3.63, 3.8) is 0 Å². The minimum Gasteiger partial charge on any atom is -0.335 e. The Morgan fingerprint density at radius 1 is 1.36 bits per heavy atom. The molecule has 1 heterocycles. The molecule has 2 N–H and O–H groups in total. The maximum atomic E-state index is 5.51. The van der Waals surface area contributed by atoms with Crippen molar-refractivity contribution in [3.05, 3.63) is 17.2 Å². The zero-order valence-electron chi connectivity index (χ0n) is 8.92. The second-order valence-electron chi connectivity index (χ2n) is 4.08. The third kappa shape index (κ3) is 1.69. The molecule has 1 aromatic rings. The Balaban J connectivity index is 2.20. The van der Waals surface area contributed by atoms with Gasteiger partial charge in [-0.2, -0.15) is 0 Å². The molecular weight excluding hydrogens is 174 g/mol. The number of aryl methyl sites for hydroxylation is 2. The Hall–Kier alpha value is -0.830. The van der Waals surface area contributed by atoms with Gasteiger partial charge in [0.2, 0.25) is 0 Å². The van der Waals surface area contributed by atoms with Crippen LogP contribution in [0, 0.1) is 0 Å². The smallest absolute Gasteiger partial charge is 0.108 e. The standard InChI is InChI=1S/C11H19N3/c1-14-10-6-3-2-5-9(10)13-11(14)7-4-8-12/h2-8,12H2,1H3. The van der Waals surface area contributed by atoms with Gasteiger partial charge in [-0.25, -0.2) is 4.98 Å². The monoisotopic (exact) mass is 193 g/mol. The first-order chi connectivity index (χ1) is 6.83. The lowest BCUT2D eigenvalue weighted by Gasteiger charge is -2.11. The molecule has 78 valence electrons. The Bertz CT molecular complexity index is 315. The number of imidazole rings is 1. The van der Waals surface area contributed by atoms with Gasteiger partial charge in [-0.1, -0.05) is 0 Å². The van der Waals surface area contributed by atoms with Crippen LogP contribution < -0.4 is 5.73 Å². The number of fused-ring (bicyclic) bond motifs is 1. The Morgan fingerprint density at radius 2 is 2.14 bits per heavy atom. The Kier molecular flexibility index (Phi) is 2.87. The first-order valence-corrected chi connectivity index (χ1v) is 5.56. The van der Waals surface area contributed by atoms with Gasteiger partial charge in [-0.3, -0.25) is 0 Å².